The number of carbonyl (C=O) groups is 1. The number of rotatable bonds is 3. The number of carbonyl (C=O) groups excluding carboxylic acids is 1. The largest absolute Gasteiger partial charge is 0.495 e. The molecular weight excluding hydrogens is 128 g/mol. The third-order valence-electron chi connectivity index (χ3n) is 1.26. The first kappa shape index (κ1) is 9.43. The summed E-state index contributed by atoms with van der Waals surface area (Å²) in [5, 5.41) is 0. The van der Waals surface area contributed by atoms with Gasteiger partial charge in [0.1, 0.15) is 0 Å². The average molecular weight is 143 g/mol. The quantitative estimate of drug-likeness (QED) is 0.526. The highest BCUT2D eigenvalue weighted by atomic mass is 16.2. The first-order chi connectivity index (χ1) is 4.54. The molecule has 0 saturated carbocycles. The number of hydrogen-bond donors (Lipinski definition) is 0. The van der Waals surface area contributed by atoms with Gasteiger partial charge < -0.3 is 9.80 Å². The highest BCUT2D eigenvalue weighted by molar-refractivity contribution is 5.73. The molecule has 0 aromatic carbocycles. The second kappa shape index (κ2) is 4.28. The Hall–Kier alpha value is -0.570. The summed E-state index contributed by atoms with van der Waals surface area (Å²) in [6.45, 7) is 3.08. The van der Waals surface area contributed by atoms with Gasteiger partial charge in [-0.15, -0.1) is 0 Å². The first-order valence-corrected chi connectivity index (χ1v) is 3.27. The molecule has 0 N–H and O–H groups in total. The van der Waals surface area contributed by atoms with Gasteiger partial charge in [0.15, 0.2) is 5.91 Å². The molecule has 0 aliphatic heterocycles. The molecule has 0 saturated heterocycles. The first-order valence-electron chi connectivity index (χ1n) is 3.27. The fourth-order valence-corrected chi connectivity index (χ4v) is 0.478. The summed E-state index contributed by atoms with van der Waals surface area (Å²) >= 11 is 0. The summed E-state index contributed by atoms with van der Waals surface area (Å²) in [6, 6.07) is 0. The third kappa shape index (κ3) is 4.32. The topological polar surface area (TPSA) is 23.6 Å². The SMILES string of the molecule is [CH2-]N(CCN(C)C)C(C)=O. The van der Waals surface area contributed by atoms with Gasteiger partial charge in [-0.2, -0.15) is 0 Å². The van der Waals surface area contributed by atoms with Crippen LogP contribution in [0.1, 0.15) is 6.92 Å². The molecule has 0 unspecified atom stereocenters. The van der Waals surface area contributed by atoms with E-state index in [-0.39, 0.29) is 5.91 Å². The van der Waals surface area contributed by atoms with Crippen LogP contribution in [0.2, 0.25) is 0 Å². The van der Waals surface area contributed by atoms with Crippen molar-refractivity contribution >= 4 is 5.91 Å². The van der Waals surface area contributed by atoms with E-state index < -0.39 is 0 Å². The molecule has 3 nitrogen and oxygen atoms in total. The second-order valence-electron chi connectivity index (χ2n) is 2.59. The van der Waals surface area contributed by atoms with Crippen molar-refractivity contribution in [3.8, 4) is 0 Å². The van der Waals surface area contributed by atoms with E-state index in [4.69, 9.17) is 0 Å². The van der Waals surface area contributed by atoms with E-state index in [2.05, 4.69) is 7.05 Å². The lowest BCUT2D eigenvalue weighted by atomic mass is 10.5. The maximum Gasteiger partial charge on any atom is 0.190 e. The number of hydrogen-bond acceptors (Lipinski definition) is 2. The Morgan fingerprint density at radius 1 is 1.40 bits per heavy atom. The Balaban J connectivity index is 3.40. The minimum absolute atomic E-state index is 0.0156. The predicted octanol–water partition coefficient (Wildman–Crippen LogP) is 0.188. The summed E-state index contributed by atoms with van der Waals surface area (Å²) in [6.07, 6.45) is 0. The van der Waals surface area contributed by atoms with Gasteiger partial charge in [0.2, 0.25) is 0 Å². The van der Waals surface area contributed by atoms with E-state index in [0.717, 1.165) is 6.54 Å². The number of amides is 1. The molecule has 0 aliphatic rings. The van der Waals surface area contributed by atoms with Crippen molar-refractivity contribution in [3.63, 3.8) is 0 Å². The molecule has 1 amide bonds. The third-order valence-corrected chi connectivity index (χ3v) is 1.26. The van der Waals surface area contributed by atoms with Crippen molar-refractivity contribution in [2.45, 2.75) is 6.92 Å². The second-order valence-corrected chi connectivity index (χ2v) is 2.59. The van der Waals surface area contributed by atoms with Gasteiger partial charge in [-0.05, 0) is 14.1 Å². The predicted molar refractivity (Wildman–Crippen MR) is 41.3 cm³/mol. The van der Waals surface area contributed by atoms with E-state index in [1.807, 2.05) is 19.0 Å². The summed E-state index contributed by atoms with van der Waals surface area (Å²) in [7, 11) is 7.50. The van der Waals surface area contributed by atoms with Crippen LogP contribution in [0.3, 0.4) is 0 Å². The summed E-state index contributed by atoms with van der Waals surface area (Å²) in [4.78, 5) is 14.1. The minimum Gasteiger partial charge on any atom is -0.495 e. The molecule has 0 heterocycles. The van der Waals surface area contributed by atoms with Gasteiger partial charge in [0.05, 0.1) is 0 Å². The molecule has 0 fully saturated rings. The Kier molecular flexibility index (Phi) is 4.03. The van der Waals surface area contributed by atoms with Gasteiger partial charge in [0, 0.05) is 20.0 Å². The van der Waals surface area contributed by atoms with Crippen molar-refractivity contribution in [3.05, 3.63) is 7.05 Å². The highest BCUT2D eigenvalue weighted by Gasteiger charge is 1.94. The normalized spacial score (nSPS) is 10.1. The van der Waals surface area contributed by atoms with Crippen LogP contribution in [0.15, 0.2) is 0 Å². The summed E-state index contributed by atoms with van der Waals surface area (Å²) in [5.74, 6) is 0.0156. The van der Waals surface area contributed by atoms with E-state index >= 15 is 0 Å². The summed E-state index contributed by atoms with van der Waals surface area (Å²) < 4.78 is 0. The zero-order valence-electron chi connectivity index (χ0n) is 6.92. The van der Waals surface area contributed by atoms with Crippen molar-refractivity contribution in [2.24, 2.45) is 0 Å². The molecule has 60 valence electrons. The number of nitrogens with zero attached hydrogens (tertiary/aromatic N) is 2. The molecule has 3 heteroatoms. The van der Waals surface area contributed by atoms with Crippen LogP contribution < -0.4 is 0 Å². The molecule has 0 aromatic rings. The molecule has 0 atom stereocenters. The molecule has 10 heavy (non-hydrogen) atoms. The lowest BCUT2D eigenvalue weighted by Crippen LogP contribution is -2.30. The van der Waals surface area contributed by atoms with Crippen LogP contribution in [0, 0.1) is 7.05 Å². The van der Waals surface area contributed by atoms with Gasteiger partial charge in [-0.25, -0.2) is 0 Å². The van der Waals surface area contributed by atoms with Crippen molar-refractivity contribution < 1.29 is 4.79 Å². The van der Waals surface area contributed by atoms with Crippen LogP contribution in [0.4, 0.5) is 0 Å². The average Bonchev–Trinajstić information content (AvgIpc) is 1.82. The minimum atomic E-state index is 0.0156. The van der Waals surface area contributed by atoms with Crippen LogP contribution in [0.25, 0.3) is 0 Å². The van der Waals surface area contributed by atoms with E-state index in [9.17, 15) is 4.79 Å². The van der Waals surface area contributed by atoms with Crippen LogP contribution >= 0.6 is 0 Å². The Morgan fingerprint density at radius 2 is 1.90 bits per heavy atom. The zero-order chi connectivity index (χ0) is 8.15. The molecule has 0 spiro atoms. The van der Waals surface area contributed by atoms with Crippen LogP contribution in [-0.4, -0.2) is 42.9 Å². The highest BCUT2D eigenvalue weighted by Crippen LogP contribution is 1.85. The van der Waals surface area contributed by atoms with Gasteiger partial charge in [-0.3, -0.25) is 11.8 Å². The molecule has 0 rings (SSSR count). The maximum absolute atomic E-state index is 10.6. The molecule has 0 bridgehead atoms. The van der Waals surface area contributed by atoms with Gasteiger partial charge in [0.25, 0.3) is 0 Å². The lowest BCUT2D eigenvalue weighted by Gasteiger charge is -2.25. The molecule has 0 radical (unpaired) electrons. The van der Waals surface area contributed by atoms with E-state index in [1.54, 1.807) is 0 Å². The van der Waals surface area contributed by atoms with Crippen LogP contribution in [-0.2, 0) is 4.79 Å². The fraction of sp³-hybridized carbons (Fsp3) is 0.714. The Bertz CT molecular complexity index is 112. The molecular formula is C7H15N2O-. The molecule has 0 aliphatic carbocycles. The van der Waals surface area contributed by atoms with Gasteiger partial charge in [-0.1, -0.05) is 0 Å². The van der Waals surface area contributed by atoms with Crippen molar-refractivity contribution in [1.82, 2.24) is 9.80 Å². The lowest BCUT2D eigenvalue weighted by molar-refractivity contribution is -0.126. The Labute approximate surface area is 62.6 Å². The Morgan fingerprint density at radius 3 is 2.20 bits per heavy atom. The smallest absolute Gasteiger partial charge is 0.190 e. The summed E-state index contributed by atoms with van der Waals surface area (Å²) in [5.41, 5.74) is 0. The zero-order valence-corrected chi connectivity index (χ0v) is 6.92. The maximum atomic E-state index is 10.6. The monoisotopic (exact) mass is 143 g/mol. The van der Waals surface area contributed by atoms with E-state index in [1.165, 1.54) is 11.8 Å². The van der Waals surface area contributed by atoms with Gasteiger partial charge >= 0.3 is 0 Å². The van der Waals surface area contributed by atoms with E-state index in [0.29, 0.717) is 6.54 Å². The molecule has 0 aromatic heterocycles. The van der Waals surface area contributed by atoms with Crippen LogP contribution in [0.5, 0.6) is 0 Å². The van der Waals surface area contributed by atoms with Crippen molar-refractivity contribution in [2.75, 3.05) is 27.2 Å². The number of likely N-dealkylation sites (N-methyl/N-ethyl adjacent to an activating group) is 1. The van der Waals surface area contributed by atoms with Crippen molar-refractivity contribution in [1.29, 1.82) is 0 Å². The standard InChI is InChI=1S/C7H15N2O/c1-7(10)9(4)6-5-8(2)3/h4-6H2,1-3H3/q-1. The fourth-order valence-electron chi connectivity index (χ4n) is 0.478.